The molecule has 0 aliphatic carbocycles. The summed E-state index contributed by atoms with van der Waals surface area (Å²) in [5.74, 6) is -0.210. The SMILES string of the molecule is CCN1C[C@@H](c2ccccc2)[C@](F)(CO)C1. The molecule has 0 radical (unpaired) electrons. The summed E-state index contributed by atoms with van der Waals surface area (Å²) >= 11 is 0. The summed E-state index contributed by atoms with van der Waals surface area (Å²) in [4.78, 5) is 2.05. The zero-order valence-corrected chi connectivity index (χ0v) is 9.56. The third-order valence-electron chi connectivity index (χ3n) is 3.46. The Bertz CT molecular complexity index is 343. The minimum atomic E-state index is -1.49. The van der Waals surface area contributed by atoms with Gasteiger partial charge in [-0.2, -0.15) is 0 Å². The zero-order valence-electron chi connectivity index (χ0n) is 9.56. The first-order valence-corrected chi connectivity index (χ1v) is 5.76. The Balaban J connectivity index is 2.26. The first kappa shape index (κ1) is 11.6. The summed E-state index contributed by atoms with van der Waals surface area (Å²) in [6, 6.07) is 9.64. The number of likely N-dealkylation sites (N-methyl/N-ethyl adjacent to an activating group) is 1. The van der Waals surface area contributed by atoms with Crippen LogP contribution in [0.5, 0.6) is 0 Å². The number of aliphatic hydroxyl groups excluding tert-OH is 1. The average molecular weight is 223 g/mol. The van der Waals surface area contributed by atoms with Crippen molar-refractivity contribution >= 4 is 0 Å². The second kappa shape index (κ2) is 4.52. The number of benzene rings is 1. The summed E-state index contributed by atoms with van der Waals surface area (Å²) in [5, 5.41) is 9.27. The fraction of sp³-hybridized carbons (Fsp3) is 0.538. The van der Waals surface area contributed by atoms with Crippen LogP contribution in [-0.4, -0.2) is 41.9 Å². The molecule has 2 atom stereocenters. The van der Waals surface area contributed by atoms with Crippen LogP contribution in [0.3, 0.4) is 0 Å². The van der Waals surface area contributed by atoms with E-state index in [2.05, 4.69) is 0 Å². The Morgan fingerprint density at radius 2 is 2.12 bits per heavy atom. The summed E-state index contributed by atoms with van der Waals surface area (Å²) in [6.45, 7) is 3.47. The normalized spacial score (nSPS) is 30.8. The maximum absolute atomic E-state index is 14.5. The van der Waals surface area contributed by atoms with Gasteiger partial charge in [-0.1, -0.05) is 37.3 Å². The molecule has 1 aromatic rings. The zero-order chi connectivity index (χ0) is 11.6. The lowest BCUT2D eigenvalue weighted by Gasteiger charge is -2.24. The maximum Gasteiger partial charge on any atom is 0.154 e. The molecule has 0 spiro atoms. The fourth-order valence-corrected chi connectivity index (χ4v) is 2.46. The molecule has 2 rings (SSSR count). The number of aliphatic hydroxyl groups is 1. The molecular formula is C13H18FNO. The largest absolute Gasteiger partial charge is 0.393 e. The Kier molecular flexibility index (Phi) is 3.26. The van der Waals surface area contributed by atoms with Gasteiger partial charge in [-0.05, 0) is 12.1 Å². The van der Waals surface area contributed by atoms with E-state index < -0.39 is 12.3 Å². The topological polar surface area (TPSA) is 23.5 Å². The number of rotatable bonds is 3. The van der Waals surface area contributed by atoms with Gasteiger partial charge in [-0.15, -0.1) is 0 Å². The molecule has 0 aromatic heterocycles. The predicted octanol–water partition coefficient (Wildman–Crippen LogP) is 1.81. The lowest BCUT2D eigenvalue weighted by Crippen LogP contribution is -2.36. The average Bonchev–Trinajstić information content (AvgIpc) is 2.69. The van der Waals surface area contributed by atoms with Crippen LogP contribution in [0.2, 0.25) is 0 Å². The van der Waals surface area contributed by atoms with Crippen LogP contribution in [0.1, 0.15) is 18.4 Å². The third kappa shape index (κ3) is 1.97. The molecule has 0 bridgehead atoms. The van der Waals surface area contributed by atoms with Crippen molar-refractivity contribution in [1.29, 1.82) is 0 Å². The van der Waals surface area contributed by atoms with Gasteiger partial charge in [-0.25, -0.2) is 4.39 Å². The summed E-state index contributed by atoms with van der Waals surface area (Å²) in [7, 11) is 0. The first-order valence-electron chi connectivity index (χ1n) is 5.76. The van der Waals surface area contributed by atoms with Gasteiger partial charge in [0.2, 0.25) is 0 Å². The lowest BCUT2D eigenvalue weighted by molar-refractivity contribution is 0.0657. The lowest BCUT2D eigenvalue weighted by atomic mass is 9.87. The van der Waals surface area contributed by atoms with Crippen molar-refractivity contribution in [3.8, 4) is 0 Å². The Morgan fingerprint density at radius 3 is 2.69 bits per heavy atom. The van der Waals surface area contributed by atoms with E-state index in [1.165, 1.54) is 0 Å². The number of hydrogen-bond donors (Lipinski definition) is 1. The first-order chi connectivity index (χ1) is 7.69. The van der Waals surface area contributed by atoms with Gasteiger partial charge < -0.3 is 5.11 Å². The van der Waals surface area contributed by atoms with E-state index in [-0.39, 0.29) is 5.92 Å². The van der Waals surface area contributed by atoms with Crippen LogP contribution < -0.4 is 0 Å². The van der Waals surface area contributed by atoms with Crippen LogP contribution in [0.15, 0.2) is 30.3 Å². The Morgan fingerprint density at radius 1 is 1.44 bits per heavy atom. The summed E-state index contributed by atoms with van der Waals surface area (Å²) < 4.78 is 14.5. The molecule has 1 heterocycles. The van der Waals surface area contributed by atoms with Gasteiger partial charge in [0.25, 0.3) is 0 Å². The molecule has 1 fully saturated rings. The summed E-state index contributed by atoms with van der Waals surface area (Å²) in [5.41, 5.74) is -0.507. The van der Waals surface area contributed by atoms with Crippen molar-refractivity contribution in [2.24, 2.45) is 0 Å². The Labute approximate surface area is 95.7 Å². The van der Waals surface area contributed by atoms with Crippen LogP contribution in [-0.2, 0) is 0 Å². The van der Waals surface area contributed by atoms with Crippen molar-refractivity contribution in [3.63, 3.8) is 0 Å². The number of halogens is 1. The third-order valence-corrected chi connectivity index (χ3v) is 3.46. The van der Waals surface area contributed by atoms with E-state index in [1.54, 1.807) is 0 Å². The molecule has 88 valence electrons. The maximum atomic E-state index is 14.5. The highest BCUT2D eigenvalue weighted by molar-refractivity contribution is 5.26. The van der Waals surface area contributed by atoms with Crippen LogP contribution in [0.4, 0.5) is 4.39 Å². The molecule has 2 nitrogen and oxygen atoms in total. The van der Waals surface area contributed by atoms with Crippen molar-refractivity contribution < 1.29 is 9.50 Å². The van der Waals surface area contributed by atoms with E-state index in [4.69, 9.17) is 0 Å². The number of likely N-dealkylation sites (tertiary alicyclic amines) is 1. The van der Waals surface area contributed by atoms with Crippen molar-refractivity contribution in [3.05, 3.63) is 35.9 Å². The van der Waals surface area contributed by atoms with Crippen LogP contribution in [0, 0.1) is 0 Å². The van der Waals surface area contributed by atoms with Gasteiger partial charge in [-0.3, -0.25) is 4.90 Å². The molecule has 0 amide bonds. The van der Waals surface area contributed by atoms with E-state index in [1.807, 2.05) is 42.2 Å². The van der Waals surface area contributed by atoms with Gasteiger partial charge in [0.15, 0.2) is 5.67 Å². The molecule has 0 saturated carbocycles. The van der Waals surface area contributed by atoms with E-state index in [9.17, 15) is 9.50 Å². The molecule has 1 aliphatic rings. The van der Waals surface area contributed by atoms with Gasteiger partial charge in [0.05, 0.1) is 6.61 Å². The highest BCUT2D eigenvalue weighted by Crippen LogP contribution is 2.38. The minimum Gasteiger partial charge on any atom is -0.393 e. The van der Waals surface area contributed by atoms with Crippen molar-refractivity contribution in [1.82, 2.24) is 4.90 Å². The smallest absolute Gasteiger partial charge is 0.154 e. The monoisotopic (exact) mass is 223 g/mol. The second-order valence-electron chi connectivity index (χ2n) is 4.48. The van der Waals surface area contributed by atoms with Crippen LogP contribution in [0.25, 0.3) is 0 Å². The van der Waals surface area contributed by atoms with Gasteiger partial charge in [0.1, 0.15) is 0 Å². The van der Waals surface area contributed by atoms with Gasteiger partial charge >= 0.3 is 0 Å². The fourth-order valence-electron chi connectivity index (χ4n) is 2.46. The highest BCUT2D eigenvalue weighted by atomic mass is 19.1. The summed E-state index contributed by atoms with van der Waals surface area (Å²) in [6.07, 6.45) is 0. The molecule has 0 unspecified atom stereocenters. The number of hydrogen-bond acceptors (Lipinski definition) is 2. The molecular weight excluding hydrogens is 205 g/mol. The van der Waals surface area contributed by atoms with Gasteiger partial charge in [0, 0.05) is 19.0 Å². The molecule has 1 N–H and O–H groups in total. The number of nitrogens with zero attached hydrogens (tertiary/aromatic N) is 1. The molecule has 1 aromatic carbocycles. The second-order valence-corrected chi connectivity index (χ2v) is 4.48. The molecule has 3 heteroatoms. The minimum absolute atomic E-state index is 0.210. The van der Waals surface area contributed by atoms with E-state index >= 15 is 0 Å². The van der Waals surface area contributed by atoms with Crippen LogP contribution >= 0.6 is 0 Å². The quantitative estimate of drug-likeness (QED) is 0.844. The molecule has 16 heavy (non-hydrogen) atoms. The van der Waals surface area contributed by atoms with Crippen molar-refractivity contribution in [2.75, 3.05) is 26.2 Å². The van der Waals surface area contributed by atoms with E-state index in [0.29, 0.717) is 13.1 Å². The molecule has 1 aliphatic heterocycles. The molecule has 1 saturated heterocycles. The highest BCUT2D eigenvalue weighted by Gasteiger charge is 2.46. The van der Waals surface area contributed by atoms with Crippen molar-refractivity contribution in [2.45, 2.75) is 18.5 Å². The predicted molar refractivity (Wildman–Crippen MR) is 62.2 cm³/mol. The van der Waals surface area contributed by atoms with E-state index in [0.717, 1.165) is 12.1 Å². The number of alkyl halides is 1. The standard InChI is InChI=1S/C13H18FNO/c1-2-15-8-12(13(14,9-15)10-16)11-6-4-3-5-7-11/h3-7,12,16H,2,8-10H2,1H3/t12-,13+/m0/s1. The Hall–Kier alpha value is -0.930.